The Morgan fingerprint density at radius 3 is 1.56 bits per heavy atom. The number of aliphatic hydroxyl groups excluding tert-OH is 1. The number of hydrogen-bond donors (Lipinski definition) is 8. The van der Waals surface area contributed by atoms with Crippen molar-refractivity contribution >= 4 is 0 Å². The highest BCUT2D eigenvalue weighted by atomic mass is 16.5. The second kappa shape index (κ2) is 26.2. The van der Waals surface area contributed by atoms with Crippen molar-refractivity contribution in [2.45, 2.75) is 161 Å². The van der Waals surface area contributed by atoms with E-state index in [0.29, 0.717) is 76.3 Å². The standard InChI is InChI=1S/C43H87N9O7/c1-29-13-16-34(31(3)21-29)38-45-39(35-17-14-30(2)22-32(35)4)47-40(46-38)36-18-15-33(23-37(36)53)59-20-12-10-9-11-19-58-28-52(27-57-8)43-49-41(44-24-54-5)48-42(50-43)51(25-55-6)26-56-7/h29-50,53H,9-28H2,1-8H3. The number of nitrogens with one attached hydrogen (secondary N) is 7. The van der Waals surface area contributed by atoms with Crippen molar-refractivity contribution in [3.8, 4) is 0 Å². The van der Waals surface area contributed by atoms with Crippen LogP contribution in [0.2, 0.25) is 0 Å². The normalized spacial score (nSPS) is 38.6. The largest absolute Gasteiger partial charge is 0.393 e. The molecule has 8 N–H and O–H groups in total. The SMILES string of the molecule is COCNC1NC(N(COC)COC)NC(N(COC)COCCCCCCOC2CCC(C3NC(C4CCC(C)CC4C)NC(C4CCC(C)CC4C)N3)C(O)C2)N1. The highest BCUT2D eigenvalue weighted by Gasteiger charge is 2.45. The summed E-state index contributed by atoms with van der Waals surface area (Å²) in [6.45, 7) is 13.1. The van der Waals surface area contributed by atoms with E-state index >= 15 is 0 Å². The molecule has 16 heteroatoms. The summed E-state index contributed by atoms with van der Waals surface area (Å²) in [5.74, 6) is 4.48. The van der Waals surface area contributed by atoms with Crippen molar-refractivity contribution in [2.75, 3.05) is 75.3 Å². The quantitative estimate of drug-likeness (QED) is 0.0527. The van der Waals surface area contributed by atoms with Gasteiger partial charge >= 0.3 is 0 Å². The zero-order chi connectivity index (χ0) is 42.1. The lowest BCUT2D eigenvalue weighted by atomic mass is 9.71. The Kier molecular flexibility index (Phi) is 21.9. The molecule has 2 saturated heterocycles. The Morgan fingerprint density at radius 2 is 1.05 bits per heavy atom. The van der Waals surface area contributed by atoms with Gasteiger partial charge in [-0.3, -0.25) is 37.2 Å². The maximum absolute atomic E-state index is 11.6. The molecule has 3 aliphatic carbocycles. The molecular weight excluding hydrogens is 755 g/mol. The van der Waals surface area contributed by atoms with Crippen molar-refractivity contribution in [3.63, 3.8) is 0 Å². The molecule has 5 fully saturated rings. The zero-order valence-corrected chi connectivity index (χ0v) is 38.1. The van der Waals surface area contributed by atoms with E-state index in [9.17, 15) is 5.11 Å². The van der Waals surface area contributed by atoms with Gasteiger partial charge in [-0.2, -0.15) is 0 Å². The molecule has 0 amide bonds. The van der Waals surface area contributed by atoms with E-state index < -0.39 is 0 Å². The summed E-state index contributed by atoms with van der Waals surface area (Å²) < 4.78 is 34.2. The number of unbranched alkanes of at least 4 members (excludes halogenated alkanes) is 3. The van der Waals surface area contributed by atoms with Crippen LogP contribution >= 0.6 is 0 Å². The van der Waals surface area contributed by atoms with Gasteiger partial charge in [0.05, 0.1) is 37.4 Å². The first-order chi connectivity index (χ1) is 28.6. The number of nitrogens with zero attached hydrogens (tertiary/aromatic N) is 2. The molecule has 0 aromatic carbocycles. The first kappa shape index (κ1) is 49.4. The summed E-state index contributed by atoms with van der Waals surface area (Å²) in [4.78, 5) is 4.06. The Bertz CT molecular complexity index is 1100. The third kappa shape index (κ3) is 15.3. The lowest BCUT2D eigenvalue weighted by Crippen LogP contribution is -2.78. The van der Waals surface area contributed by atoms with Crippen LogP contribution < -0.4 is 37.2 Å². The van der Waals surface area contributed by atoms with Gasteiger partial charge in [-0.05, 0) is 93.3 Å². The minimum absolute atomic E-state index is 0.121. The van der Waals surface area contributed by atoms with Gasteiger partial charge in [-0.15, -0.1) is 0 Å². The predicted molar refractivity (Wildman–Crippen MR) is 230 cm³/mol. The lowest BCUT2D eigenvalue weighted by molar-refractivity contribution is -0.123. The van der Waals surface area contributed by atoms with E-state index in [1.54, 1.807) is 28.4 Å². The van der Waals surface area contributed by atoms with E-state index in [2.05, 4.69) is 69.8 Å². The molecule has 0 aromatic heterocycles. The van der Waals surface area contributed by atoms with Gasteiger partial charge in [0, 0.05) is 47.6 Å². The fraction of sp³-hybridized carbons (Fsp3) is 1.00. The van der Waals surface area contributed by atoms with Crippen molar-refractivity contribution in [3.05, 3.63) is 0 Å². The topological polar surface area (TPSA) is 166 Å². The predicted octanol–water partition coefficient (Wildman–Crippen LogP) is 3.21. The molecule has 3 saturated carbocycles. The van der Waals surface area contributed by atoms with Crippen molar-refractivity contribution in [1.29, 1.82) is 0 Å². The number of hydrogen-bond acceptors (Lipinski definition) is 16. The number of aliphatic hydroxyl groups is 1. The average molecular weight is 842 g/mol. The highest BCUT2D eigenvalue weighted by Crippen LogP contribution is 2.40. The van der Waals surface area contributed by atoms with Crippen molar-refractivity contribution in [1.82, 2.24) is 47.0 Å². The van der Waals surface area contributed by atoms with Crippen LogP contribution in [0.15, 0.2) is 0 Å². The summed E-state index contributed by atoms with van der Waals surface area (Å²) >= 11 is 0. The molecule has 346 valence electrons. The van der Waals surface area contributed by atoms with Gasteiger partial charge in [0.25, 0.3) is 0 Å². The highest BCUT2D eigenvalue weighted by molar-refractivity contribution is 4.98. The summed E-state index contributed by atoms with van der Waals surface area (Å²) in [6.07, 6.45) is 14.4. The van der Waals surface area contributed by atoms with Gasteiger partial charge in [0.15, 0.2) is 0 Å². The second-order valence-corrected chi connectivity index (χ2v) is 18.8. The van der Waals surface area contributed by atoms with Crippen LogP contribution in [0, 0.1) is 41.4 Å². The van der Waals surface area contributed by atoms with E-state index in [1.807, 2.05) is 4.90 Å². The maximum Gasteiger partial charge on any atom is 0.122 e. The fourth-order valence-electron chi connectivity index (χ4n) is 10.8. The van der Waals surface area contributed by atoms with Crippen LogP contribution in [-0.4, -0.2) is 140 Å². The monoisotopic (exact) mass is 842 g/mol. The molecular formula is C43H87N9O7. The van der Waals surface area contributed by atoms with E-state index in [1.165, 1.54) is 38.5 Å². The Morgan fingerprint density at radius 1 is 0.542 bits per heavy atom. The van der Waals surface area contributed by atoms with E-state index in [4.69, 9.17) is 28.4 Å². The van der Waals surface area contributed by atoms with Gasteiger partial charge < -0.3 is 33.5 Å². The van der Waals surface area contributed by atoms with Crippen LogP contribution in [0.3, 0.4) is 0 Å². The molecule has 0 radical (unpaired) electrons. The Hall–Kier alpha value is -0.640. The molecule has 0 aromatic rings. The van der Waals surface area contributed by atoms with Crippen LogP contribution in [0.1, 0.15) is 111 Å². The molecule has 5 rings (SSSR count). The number of ether oxygens (including phenoxy) is 6. The second-order valence-electron chi connectivity index (χ2n) is 18.8. The molecule has 2 aliphatic heterocycles. The van der Waals surface area contributed by atoms with Crippen LogP contribution in [0.25, 0.3) is 0 Å². The molecule has 59 heavy (non-hydrogen) atoms. The molecule has 2 heterocycles. The third-order valence-corrected chi connectivity index (χ3v) is 14.0. The van der Waals surface area contributed by atoms with Crippen LogP contribution in [-0.2, 0) is 28.4 Å². The Balaban J connectivity index is 1.01. The molecule has 14 unspecified atom stereocenters. The van der Waals surface area contributed by atoms with Gasteiger partial charge in [0.1, 0.15) is 45.8 Å². The van der Waals surface area contributed by atoms with Crippen molar-refractivity contribution in [2.24, 2.45) is 41.4 Å². The summed E-state index contributed by atoms with van der Waals surface area (Å²) in [7, 11) is 6.68. The van der Waals surface area contributed by atoms with Gasteiger partial charge in [0.2, 0.25) is 0 Å². The third-order valence-electron chi connectivity index (χ3n) is 14.0. The summed E-state index contributed by atoms with van der Waals surface area (Å²) in [6, 6.07) is 0. The van der Waals surface area contributed by atoms with Gasteiger partial charge in [-0.25, -0.2) is 9.80 Å². The van der Waals surface area contributed by atoms with Crippen molar-refractivity contribution < 1.29 is 33.5 Å². The average Bonchev–Trinajstić information content (AvgIpc) is 3.21. The molecule has 5 aliphatic rings. The maximum atomic E-state index is 11.6. The minimum atomic E-state index is -0.371. The number of methoxy groups -OCH3 is 4. The first-order valence-electron chi connectivity index (χ1n) is 23.2. The minimum Gasteiger partial charge on any atom is -0.393 e. The molecule has 0 spiro atoms. The zero-order valence-electron chi connectivity index (χ0n) is 38.1. The van der Waals surface area contributed by atoms with E-state index in [-0.39, 0.29) is 43.2 Å². The lowest BCUT2D eigenvalue weighted by Gasteiger charge is -2.52. The summed E-state index contributed by atoms with van der Waals surface area (Å²) in [5.41, 5.74) is 0. The van der Waals surface area contributed by atoms with E-state index in [0.717, 1.165) is 63.4 Å². The van der Waals surface area contributed by atoms with Crippen LogP contribution in [0.5, 0.6) is 0 Å². The van der Waals surface area contributed by atoms with Gasteiger partial charge in [-0.1, -0.05) is 53.4 Å². The Labute approximate surface area is 357 Å². The molecule has 14 atom stereocenters. The smallest absolute Gasteiger partial charge is 0.122 e. The molecule has 0 bridgehead atoms. The van der Waals surface area contributed by atoms with Crippen LogP contribution in [0.4, 0.5) is 0 Å². The molecule has 16 nitrogen and oxygen atoms in total. The number of rotatable bonds is 24. The fourth-order valence-corrected chi connectivity index (χ4v) is 10.8. The first-order valence-corrected chi connectivity index (χ1v) is 23.2. The summed E-state index contributed by atoms with van der Waals surface area (Å²) in [5, 5.41) is 37.7.